The van der Waals surface area contributed by atoms with E-state index < -0.39 is 0 Å². The molecule has 2 aliphatic heterocycles. The molecule has 0 saturated carbocycles. The second-order valence-corrected chi connectivity index (χ2v) is 7.78. The molecule has 29 heavy (non-hydrogen) atoms. The van der Waals surface area contributed by atoms with Crippen LogP contribution in [0.25, 0.3) is 10.6 Å². The van der Waals surface area contributed by atoms with Crippen molar-refractivity contribution in [1.29, 1.82) is 0 Å². The Hall–Kier alpha value is -2.90. The Morgan fingerprint density at radius 3 is 2.72 bits per heavy atom. The minimum absolute atomic E-state index is 0.0609. The molecule has 1 fully saturated rings. The Kier molecular flexibility index (Phi) is 4.91. The lowest BCUT2D eigenvalue weighted by Gasteiger charge is -2.32. The SMILES string of the molecule is O=C(c1csc(-c2ccc3c(c2)OCCO3)n1)N1CCOC(c2ccccc2)C1. The zero-order valence-electron chi connectivity index (χ0n) is 15.7. The molecule has 3 heterocycles. The molecule has 0 aliphatic carbocycles. The summed E-state index contributed by atoms with van der Waals surface area (Å²) in [5.74, 6) is 1.40. The first-order valence-corrected chi connectivity index (χ1v) is 10.5. The van der Waals surface area contributed by atoms with Crippen molar-refractivity contribution in [1.82, 2.24) is 9.88 Å². The number of nitrogens with zero attached hydrogens (tertiary/aromatic N) is 2. The van der Waals surface area contributed by atoms with E-state index in [0.29, 0.717) is 38.6 Å². The highest BCUT2D eigenvalue weighted by atomic mass is 32.1. The van der Waals surface area contributed by atoms with Crippen molar-refractivity contribution in [2.24, 2.45) is 0 Å². The maximum atomic E-state index is 13.0. The predicted molar refractivity (Wildman–Crippen MR) is 110 cm³/mol. The van der Waals surface area contributed by atoms with Gasteiger partial charge in [-0.3, -0.25) is 4.79 Å². The average Bonchev–Trinajstić information content (AvgIpc) is 3.29. The number of thiazole rings is 1. The number of rotatable bonds is 3. The van der Waals surface area contributed by atoms with Crippen molar-refractivity contribution >= 4 is 17.2 Å². The van der Waals surface area contributed by atoms with Gasteiger partial charge in [-0.25, -0.2) is 4.98 Å². The van der Waals surface area contributed by atoms with Gasteiger partial charge in [-0.15, -0.1) is 11.3 Å². The highest BCUT2D eigenvalue weighted by molar-refractivity contribution is 7.13. The summed E-state index contributed by atoms with van der Waals surface area (Å²) >= 11 is 1.46. The lowest BCUT2D eigenvalue weighted by Crippen LogP contribution is -2.42. The molecule has 1 amide bonds. The number of aromatic nitrogens is 1. The number of ether oxygens (including phenoxy) is 3. The summed E-state index contributed by atoms with van der Waals surface area (Å²) in [6.45, 7) is 2.71. The van der Waals surface area contributed by atoms with Gasteiger partial charge in [-0.1, -0.05) is 30.3 Å². The Morgan fingerprint density at radius 2 is 1.86 bits per heavy atom. The molecule has 2 aromatic carbocycles. The van der Waals surface area contributed by atoms with Crippen LogP contribution in [-0.4, -0.2) is 48.7 Å². The van der Waals surface area contributed by atoms with Crippen LogP contribution in [0.15, 0.2) is 53.9 Å². The van der Waals surface area contributed by atoms with Crippen LogP contribution in [0.1, 0.15) is 22.2 Å². The highest BCUT2D eigenvalue weighted by Crippen LogP contribution is 2.35. The Balaban J connectivity index is 1.33. The first kappa shape index (κ1) is 18.1. The molecular formula is C22H20N2O4S. The zero-order valence-corrected chi connectivity index (χ0v) is 16.6. The van der Waals surface area contributed by atoms with Crippen molar-refractivity contribution in [3.63, 3.8) is 0 Å². The number of hydrogen-bond donors (Lipinski definition) is 0. The lowest BCUT2D eigenvalue weighted by atomic mass is 10.1. The van der Waals surface area contributed by atoms with Gasteiger partial charge in [0.1, 0.15) is 30.0 Å². The molecule has 5 rings (SSSR count). The zero-order chi connectivity index (χ0) is 19.6. The van der Waals surface area contributed by atoms with Crippen molar-refractivity contribution in [3.05, 3.63) is 65.2 Å². The van der Waals surface area contributed by atoms with Gasteiger partial charge in [0.2, 0.25) is 0 Å². The van der Waals surface area contributed by atoms with E-state index in [1.54, 1.807) is 0 Å². The second kappa shape index (κ2) is 7.85. The smallest absolute Gasteiger partial charge is 0.273 e. The van der Waals surface area contributed by atoms with E-state index in [2.05, 4.69) is 4.98 Å². The molecule has 0 radical (unpaired) electrons. The molecule has 0 N–H and O–H groups in total. The third-order valence-corrected chi connectivity index (χ3v) is 5.93. The van der Waals surface area contributed by atoms with Gasteiger partial charge >= 0.3 is 0 Å². The summed E-state index contributed by atoms with van der Waals surface area (Å²) in [5, 5.41) is 2.61. The van der Waals surface area contributed by atoms with E-state index in [4.69, 9.17) is 14.2 Å². The van der Waals surface area contributed by atoms with Gasteiger partial charge in [0.15, 0.2) is 11.5 Å². The Morgan fingerprint density at radius 1 is 1.03 bits per heavy atom. The molecule has 2 aliphatic rings. The summed E-state index contributed by atoms with van der Waals surface area (Å²) in [7, 11) is 0. The Bertz CT molecular complexity index is 1020. The van der Waals surface area contributed by atoms with Crippen molar-refractivity contribution in [3.8, 4) is 22.1 Å². The van der Waals surface area contributed by atoms with Crippen LogP contribution in [0, 0.1) is 0 Å². The highest BCUT2D eigenvalue weighted by Gasteiger charge is 2.27. The van der Waals surface area contributed by atoms with Gasteiger partial charge in [-0.2, -0.15) is 0 Å². The third kappa shape index (κ3) is 3.71. The molecule has 1 unspecified atom stereocenters. The molecular weight excluding hydrogens is 388 g/mol. The van der Waals surface area contributed by atoms with Crippen LogP contribution in [0.4, 0.5) is 0 Å². The summed E-state index contributed by atoms with van der Waals surface area (Å²) in [6, 6.07) is 15.8. The summed E-state index contributed by atoms with van der Waals surface area (Å²) in [5.41, 5.74) is 2.47. The summed E-state index contributed by atoms with van der Waals surface area (Å²) in [4.78, 5) is 19.4. The number of amides is 1. The van der Waals surface area contributed by atoms with Gasteiger partial charge < -0.3 is 19.1 Å². The number of fused-ring (bicyclic) bond motifs is 1. The number of hydrogen-bond acceptors (Lipinski definition) is 6. The van der Waals surface area contributed by atoms with Crippen molar-refractivity contribution in [2.75, 3.05) is 32.9 Å². The molecule has 0 spiro atoms. The quantitative estimate of drug-likeness (QED) is 0.660. The first-order chi connectivity index (χ1) is 14.3. The molecule has 1 saturated heterocycles. The van der Waals surface area contributed by atoms with Crippen LogP contribution < -0.4 is 9.47 Å². The maximum absolute atomic E-state index is 13.0. The molecule has 6 nitrogen and oxygen atoms in total. The normalized spacial score (nSPS) is 18.5. The van der Waals surface area contributed by atoms with E-state index in [0.717, 1.165) is 27.6 Å². The third-order valence-electron chi connectivity index (χ3n) is 5.04. The van der Waals surface area contributed by atoms with Crippen LogP contribution >= 0.6 is 11.3 Å². The van der Waals surface area contributed by atoms with Crippen molar-refractivity contribution < 1.29 is 19.0 Å². The largest absolute Gasteiger partial charge is 0.486 e. The molecule has 7 heteroatoms. The van der Waals surface area contributed by atoms with Crippen molar-refractivity contribution in [2.45, 2.75) is 6.10 Å². The van der Waals surface area contributed by atoms with E-state index in [-0.39, 0.29) is 12.0 Å². The van der Waals surface area contributed by atoms with E-state index in [9.17, 15) is 4.79 Å². The Labute approximate surface area is 172 Å². The minimum Gasteiger partial charge on any atom is -0.486 e. The van der Waals surface area contributed by atoms with Crippen LogP contribution in [0.2, 0.25) is 0 Å². The van der Waals surface area contributed by atoms with E-state index >= 15 is 0 Å². The maximum Gasteiger partial charge on any atom is 0.273 e. The predicted octanol–water partition coefficient (Wildman–Crippen LogP) is 3.80. The fraction of sp³-hybridized carbons (Fsp3) is 0.273. The summed E-state index contributed by atoms with van der Waals surface area (Å²) < 4.78 is 17.1. The molecule has 0 bridgehead atoms. The standard InChI is InChI=1S/C22H20N2O4S/c25-22(24-8-9-26-20(13-24)15-4-2-1-3-5-15)17-14-29-21(23-17)16-6-7-18-19(12-16)28-11-10-27-18/h1-7,12,14,20H,8-11,13H2. The second-order valence-electron chi connectivity index (χ2n) is 6.92. The van der Waals surface area contributed by atoms with Crippen LogP contribution in [-0.2, 0) is 4.74 Å². The van der Waals surface area contributed by atoms with Gasteiger partial charge in [-0.05, 0) is 23.8 Å². The van der Waals surface area contributed by atoms with Crippen LogP contribution in [0.3, 0.4) is 0 Å². The molecule has 3 aromatic rings. The van der Waals surface area contributed by atoms with Gasteiger partial charge in [0, 0.05) is 17.5 Å². The van der Waals surface area contributed by atoms with E-state index in [1.807, 2.05) is 58.8 Å². The van der Waals surface area contributed by atoms with E-state index in [1.165, 1.54) is 11.3 Å². The van der Waals surface area contributed by atoms with Gasteiger partial charge in [0.25, 0.3) is 5.91 Å². The topological polar surface area (TPSA) is 60.9 Å². The fourth-order valence-corrected chi connectivity index (χ4v) is 4.34. The molecule has 148 valence electrons. The molecule has 1 atom stereocenters. The number of morpholine rings is 1. The average molecular weight is 408 g/mol. The number of carbonyl (C=O) groups excluding carboxylic acids is 1. The van der Waals surface area contributed by atoms with Crippen LogP contribution in [0.5, 0.6) is 11.5 Å². The fourth-order valence-electron chi connectivity index (χ4n) is 3.55. The monoisotopic (exact) mass is 408 g/mol. The summed E-state index contributed by atoms with van der Waals surface area (Å²) in [6.07, 6.45) is -0.107. The van der Waals surface area contributed by atoms with Gasteiger partial charge in [0.05, 0.1) is 13.2 Å². The first-order valence-electron chi connectivity index (χ1n) is 9.59. The minimum atomic E-state index is -0.107. The lowest BCUT2D eigenvalue weighted by molar-refractivity contribution is -0.0229. The number of carbonyl (C=O) groups is 1. The number of benzene rings is 2. The molecule has 1 aromatic heterocycles.